The van der Waals surface area contributed by atoms with Gasteiger partial charge in [0.15, 0.2) is 0 Å². The summed E-state index contributed by atoms with van der Waals surface area (Å²) in [4.78, 5) is 58.2. The van der Waals surface area contributed by atoms with Gasteiger partial charge in [0.05, 0.1) is 70.5 Å². The van der Waals surface area contributed by atoms with Crippen molar-refractivity contribution in [1.29, 1.82) is 0 Å². The molecular weight excluding hydrogens is 716 g/mol. The number of carbonyl (C=O) groups is 3. The molecule has 2 aromatic heterocycles. The van der Waals surface area contributed by atoms with Crippen LogP contribution in [0.5, 0.6) is 0 Å². The van der Waals surface area contributed by atoms with Gasteiger partial charge in [-0.1, -0.05) is 76.2 Å². The van der Waals surface area contributed by atoms with Gasteiger partial charge in [-0.3, -0.25) is 9.69 Å². The Morgan fingerprint density at radius 2 is 1.18 bits per heavy atom. The second-order valence-corrected chi connectivity index (χ2v) is 15.0. The molecule has 4 aromatic rings. The number of aromatic amines is 2. The zero-order valence-corrected chi connectivity index (χ0v) is 33.2. The Morgan fingerprint density at radius 3 is 1.70 bits per heavy atom. The van der Waals surface area contributed by atoms with Gasteiger partial charge in [-0.25, -0.2) is 19.6 Å². The molecular formula is C41H54N8O7. The number of H-pyrrole nitrogens is 2. The number of nitrogens with zero attached hydrogens (tertiary/aromatic N) is 4. The lowest BCUT2D eigenvalue weighted by atomic mass is 9.95. The predicted octanol–water partition coefficient (Wildman–Crippen LogP) is 5.56. The van der Waals surface area contributed by atoms with Gasteiger partial charge in [0.1, 0.15) is 23.7 Å². The van der Waals surface area contributed by atoms with E-state index in [9.17, 15) is 14.4 Å². The number of imidazole rings is 2. The van der Waals surface area contributed by atoms with Gasteiger partial charge in [0, 0.05) is 25.2 Å². The Labute approximate surface area is 327 Å². The number of aromatic nitrogens is 4. The van der Waals surface area contributed by atoms with E-state index in [1.54, 1.807) is 11.1 Å². The fourth-order valence-electron chi connectivity index (χ4n) is 7.55. The lowest BCUT2D eigenvalue weighted by Crippen LogP contribution is -2.56. The summed E-state index contributed by atoms with van der Waals surface area (Å²) in [7, 11) is 2.66. The molecule has 0 radical (unpaired) electrons. The van der Waals surface area contributed by atoms with Crippen LogP contribution in [0.25, 0.3) is 33.6 Å². The van der Waals surface area contributed by atoms with E-state index in [0.717, 1.165) is 39.5 Å². The molecule has 0 saturated carbocycles. The van der Waals surface area contributed by atoms with Crippen molar-refractivity contribution in [3.8, 4) is 33.6 Å². The number of amides is 3. The first-order valence-corrected chi connectivity index (χ1v) is 19.2. The molecule has 0 bridgehead atoms. The Kier molecular flexibility index (Phi) is 13.1. The molecule has 15 heteroatoms. The van der Waals surface area contributed by atoms with Gasteiger partial charge in [-0.2, -0.15) is 0 Å². The van der Waals surface area contributed by atoms with Crippen molar-refractivity contribution in [3.63, 3.8) is 0 Å². The van der Waals surface area contributed by atoms with Crippen LogP contribution >= 0.6 is 0 Å². The molecule has 2 aromatic carbocycles. The fourth-order valence-corrected chi connectivity index (χ4v) is 7.55. The van der Waals surface area contributed by atoms with E-state index in [4.69, 9.17) is 23.9 Å². The molecule has 3 amide bonds. The van der Waals surface area contributed by atoms with Crippen LogP contribution in [0.15, 0.2) is 60.9 Å². The number of morpholine rings is 2. The highest BCUT2D eigenvalue weighted by Crippen LogP contribution is 2.32. The molecule has 2 saturated heterocycles. The summed E-state index contributed by atoms with van der Waals surface area (Å²) in [5.41, 5.74) is 5.82. The van der Waals surface area contributed by atoms with E-state index in [1.165, 1.54) is 14.2 Å². The third kappa shape index (κ3) is 9.06. The fraction of sp³-hybridized carbons (Fsp3) is 0.488. The van der Waals surface area contributed by atoms with Crippen LogP contribution in [0.4, 0.5) is 9.59 Å². The number of carbonyl (C=O) groups excluding carboxylic acids is 3. The lowest BCUT2D eigenvalue weighted by molar-refractivity contribution is -0.143. The normalized spacial score (nSPS) is 19.3. The van der Waals surface area contributed by atoms with Crippen LogP contribution in [-0.4, -0.2) is 120 Å². The number of alkyl carbamates (subject to hydrolysis) is 2. The smallest absolute Gasteiger partial charge is 0.407 e. The van der Waals surface area contributed by atoms with Gasteiger partial charge in [0.25, 0.3) is 0 Å². The maximum absolute atomic E-state index is 13.6. The molecule has 4 N–H and O–H groups in total. The molecule has 2 aliphatic rings. The predicted molar refractivity (Wildman–Crippen MR) is 210 cm³/mol. The Morgan fingerprint density at radius 1 is 0.696 bits per heavy atom. The molecule has 0 aliphatic carbocycles. The molecule has 2 fully saturated rings. The highest BCUT2D eigenvalue weighted by Gasteiger charge is 2.38. The third-order valence-corrected chi connectivity index (χ3v) is 10.8. The highest BCUT2D eigenvalue weighted by atomic mass is 16.5. The topological polar surface area (TPSA) is 176 Å². The number of rotatable bonds is 12. The van der Waals surface area contributed by atoms with Crippen molar-refractivity contribution in [2.24, 2.45) is 11.8 Å². The van der Waals surface area contributed by atoms with E-state index in [-0.39, 0.29) is 42.5 Å². The molecule has 4 heterocycles. The van der Waals surface area contributed by atoms with Gasteiger partial charge in [-0.15, -0.1) is 0 Å². The maximum Gasteiger partial charge on any atom is 0.407 e. The second-order valence-electron chi connectivity index (χ2n) is 15.0. The van der Waals surface area contributed by atoms with Crippen LogP contribution in [0, 0.1) is 11.8 Å². The average Bonchev–Trinajstić information content (AvgIpc) is 3.93. The quantitative estimate of drug-likeness (QED) is 0.143. The number of ether oxygens (including phenoxy) is 4. The summed E-state index contributed by atoms with van der Waals surface area (Å²) in [6, 6.07) is 15.2. The Balaban J connectivity index is 1.12. The van der Waals surface area contributed by atoms with Gasteiger partial charge in [-0.05, 0) is 41.0 Å². The number of hydrogen-bond acceptors (Lipinski definition) is 10. The zero-order valence-electron chi connectivity index (χ0n) is 33.2. The first-order chi connectivity index (χ1) is 27.0. The minimum atomic E-state index is -0.741. The second kappa shape index (κ2) is 18.1. The minimum absolute atomic E-state index is 0.0194. The monoisotopic (exact) mass is 770 g/mol. The van der Waals surface area contributed by atoms with Crippen molar-refractivity contribution < 1.29 is 33.3 Å². The molecule has 300 valence electrons. The van der Waals surface area contributed by atoms with Gasteiger partial charge in [0.2, 0.25) is 5.91 Å². The first kappa shape index (κ1) is 40.4. The zero-order chi connectivity index (χ0) is 39.9. The van der Waals surface area contributed by atoms with E-state index in [0.29, 0.717) is 38.7 Å². The van der Waals surface area contributed by atoms with Crippen LogP contribution in [0.3, 0.4) is 0 Å². The van der Waals surface area contributed by atoms with E-state index in [1.807, 2.05) is 32.2 Å². The van der Waals surface area contributed by atoms with Crippen LogP contribution in [0.1, 0.15) is 58.4 Å². The van der Waals surface area contributed by atoms with Crippen molar-refractivity contribution in [2.75, 3.05) is 53.7 Å². The first-order valence-electron chi connectivity index (χ1n) is 19.2. The van der Waals surface area contributed by atoms with Crippen molar-refractivity contribution in [1.82, 2.24) is 40.4 Å². The number of benzene rings is 2. The SMILES string of the molecule is COC(=O)N[C@@H](C(C)C)C(C)N1CCOC[C@H]1c1ncc(-c2ccc(-c3ccc(-c4cnc([C@@H]5COCCN5C(=O)[C@@H](NC(=O)OC)C(C)C)[nH]4)cc3)cc2)[nH]1. The maximum atomic E-state index is 13.6. The van der Waals surface area contributed by atoms with Crippen LogP contribution < -0.4 is 10.6 Å². The highest BCUT2D eigenvalue weighted by molar-refractivity contribution is 5.86. The van der Waals surface area contributed by atoms with Crippen LogP contribution in [-0.2, 0) is 23.7 Å². The van der Waals surface area contributed by atoms with Crippen LogP contribution in [0.2, 0.25) is 0 Å². The molecule has 15 nitrogen and oxygen atoms in total. The number of nitrogens with one attached hydrogen (secondary N) is 4. The van der Waals surface area contributed by atoms with E-state index in [2.05, 4.69) is 87.7 Å². The summed E-state index contributed by atoms with van der Waals surface area (Å²) >= 11 is 0. The summed E-state index contributed by atoms with van der Waals surface area (Å²) in [6.07, 6.45) is 2.54. The van der Waals surface area contributed by atoms with Crippen molar-refractivity contribution in [3.05, 3.63) is 72.6 Å². The standard InChI is InChI=1S/C41H54N8O7/c1-24(2)35(46-40(51)53-6)26(5)48-16-18-55-22-33(48)37-42-20-31(44-37)29-12-8-27(9-13-29)28-10-14-30(15-11-28)32-21-43-38(45-32)34-23-56-19-17-49(34)39(50)36(25(3)4)47-41(52)54-7/h8-15,20-21,24-26,33-36H,16-19,22-23H2,1-7H3,(H,42,44)(H,43,45)(H,46,51)(H,47,52)/t26?,33-,34-,35-,36-/m0/s1. The lowest BCUT2D eigenvalue weighted by Gasteiger charge is -2.42. The van der Waals surface area contributed by atoms with Gasteiger partial charge >= 0.3 is 12.2 Å². The molecule has 0 spiro atoms. The Bertz CT molecular complexity index is 1930. The molecule has 2 aliphatic heterocycles. The summed E-state index contributed by atoms with van der Waals surface area (Å²) in [5, 5.41) is 5.70. The van der Waals surface area contributed by atoms with Gasteiger partial charge < -0.3 is 44.4 Å². The molecule has 56 heavy (non-hydrogen) atoms. The Hall–Kier alpha value is -5.25. The summed E-state index contributed by atoms with van der Waals surface area (Å²) in [6.45, 7) is 13.0. The van der Waals surface area contributed by atoms with E-state index < -0.39 is 24.3 Å². The molecule has 5 atom stereocenters. The third-order valence-electron chi connectivity index (χ3n) is 10.8. The summed E-state index contributed by atoms with van der Waals surface area (Å²) in [5.74, 6) is 1.28. The number of methoxy groups -OCH3 is 2. The summed E-state index contributed by atoms with van der Waals surface area (Å²) < 4.78 is 21.3. The largest absolute Gasteiger partial charge is 0.453 e. The van der Waals surface area contributed by atoms with Crippen molar-refractivity contribution >= 4 is 18.1 Å². The molecule has 1 unspecified atom stereocenters. The molecule has 6 rings (SSSR count). The van der Waals surface area contributed by atoms with E-state index >= 15 is 0 Å². The number of hydrogen-bond donors (Lipinski definition) is 4. The minimum Gasteiger partial charge on any atom is -0.453 e. The average molecular weight is 771 g/mol. The van der Waals surface area contributed by atoms with Crippen molar-refractivity contribution in [2.45, 2.75) is 64.8 Å².